The highest BCUT2D eigenvalue weighted by Gasteiger charge is 2.11. The first-order valence-electron chi connectivity index (χ1n) is 7.21. The quantitative estimate of drug-likeness (QED) is 0.438. The number of amides is 1. The number of nitro benzene ring substituents is 1. The normalized spacial score (nSPS) is 11.0. The van der Waals surface area contributed by atoms with Crippen LogP contribution in [-0.4, -0.2) is 22.0 Å². The Morgan fingerprint density at radius 2 is 2.04 bits per heavy atom. The van der Waals surface area contributed by atoms with Gasteiger partial charge in [0.2, 0.25) is 0 Å². The molecule has 0 bridgehead atoms. The number of nitro groups is 1. The van der Waals surface area contributed by atoms with E-state index in [1.807, 2.05) is 31.2 Å². The average Bonchev–Trinajstić information content (AvgIpc) is 2.90. The molecule has 3 rings (SSSR count). The van der Waals surface area contributed by atoms with E-state index in [9.17, 15) is 14.9 Å². The van der Waals surface area contributed by atoms with Crippen molar-refractivity contribution in [2.24, 2.45) is 5.10 Å². The van der Waals surface area contributed by atoms with Gasteiger partial charge in [0.05, 0.1) is 11.1 Å². The van der Waals surface area contributed by atoms with Crippen molar-refractivity contribution in [3.63, 3.8) is 0 Å². The highest BCUT2D eigenvalue weighted by atomic mass is 16.6. The van der Waals surface area contributed by atoms with Crippen molar-refractivity contribution in [2.45, 2.75) is 6.92 Å². The van der Waals surface area contributed by atoms with Crippen LogP contribution in [0, 0.1) is 17.0 Å². The lowest BCUT2D eigenvalue weighted by atomic mass is 10.1. The van der Waals surface area contributed by atoms with Gasteiger partial charge in [-0.1, -0.05) is 24.3 Å². The lowest BCUT2D eigenvalue weighted by molar-refractivity contribution is -0.384. The number of non-ortho nitro benzene ring substituents is 1. The maximum Gasteiger partial charge on any atom is 0.271 e. The molecular formula is C17H14N4O3. The van der Waals surface area contributed by atoms with Crippen LogP contribution in [0.2, 0.25) is 0 Å². The van der Waals surface area contributed by atoms with Crippen molar-refractivity contribution < 1.29 is 9.72 Å². The lowest BCUT2D eigenvalue weighted by Gasteiger charge is -2.00. The van der Waals surface area contributed by atoms with E-state index in [2.05, 4.69) is 15.5 Å². The van der Waals surface area contributed by atoms with Crippen molar-refractivity contribution in [3.05, 3.63) is 75.5 Å². The maximum atomic E-state index is 12.0. The summed E-state index contributed by atoms with van der Waals surface area (Å²) in [6, 6.07) is 13.3. The number of hydrogen-bond donors (Lipinski definition) is 2. The number of nitrogens with one attached hydrogen (secondary N) is 2. The van der Waals surface area contributed by atoms with Crippen LogP contribution in [0.4, 0.5) is 5.69 Å². The standard InChI is InChI=1S/C17H14N4O3/c1-11-15(14-7-2-3-8-16(14)19-11)10-18-20-17(22)12-5-4-6-13(9-12)21(23)24/h2-10,19H,1H3,(H,20,22)/b18-10-. The van der Waals surface area contributed by atoms with E-state index in [0.717, 1.165) is 22.2 Å². The summed E-state index contributed by atoms with van der Waals surface area (Å²) in [5.74, 6) is -0.507. The Labute approximate surface area is 137 Å². The van der Waals surface area contributed by atoms with Gasteiger partial charge in [-0.15, -0.1) is 0 Å². The first-order valence-corrected chi connectivity index (χ1v) is 7.21. The Balaban J connectivity index is 1.78. The topological polar surface area (TPSA) is 100 Å². The van der Waals surface area contributed by atoms with Crippen LogP contribution in [0.3, 0.4) is 0 Å². The van der Waals surface area contributed by atoms with E-state index in [-0.39, 0.29) is 11.3 Å². The van der Waals surface area contributed by atoms with Gasteiger partial charge >= 0.3 is 0 Å². The molecule has 1 aromatic heterocycles. The van der Waals surface area contributed by atoms with Crippen LogP contribution in [0.25, 0.3) is 10.9 Å². The number of rotatable bonds is 4. The molecule has 0 saturated carbocycles. The zero-order valence-electron chi connectivity index (χ0n) is 12.8. The molecule has 0 radical (unpaired) electrons. The number of aryl methyl sites for hydroxylation is 1. The van der Waals surface area contributed by atoms with Gasteiger partial charge in [0.25, 0.3) is 11.6 Å². The van der Waals surface area contributed by atoms with Crippen LogP contribution in [-0.2, 0) is 0 Å². The number of carbonyl (C=O) groups is 1. The molecule has 7 heteroatoms. The number of fused-ring (bicyclic) bond motifs is 1. The maximum absolute atomic E-state index is 12.0. The molecule has 1 heterocycles. The van der Waals surface area contributed by atoms with Gasteiger partial charge in [-0.25, -0.2) is 5.43 Å². The average molecular weight is 322 g/mol. The summed E-state index contributed by atoms with van der Waals surface area (Å²) in [4.78, 5) is 25.5. The predicted molar refractivity (Wildman–Crippen MR) is 91.2 cm³/mol. The third-order valence-electron chi connectivity index (χ3n) is 3.62. The molecule has 0 aliphatic rings. The van der Waals surface area contributed by atoms with Gasteiger partial charge in [-0.2, -0.15) is 5.10 Å². The first-order chi connectivity index (χ1) is 11.6. The van der Waals surface area contributed by atoms with Crippen molar-refractivity contribution in [3.8, 4) is 0 Å². The van der Waals surface area contributed by atoms with Crippen molar-refractivity contribution in [2.75, 3.05) is 0 Å². The molecule has 0 unspecified atom stereocenters. The molecule has 0 atom stereocenters. The fourth-order valence-electron chi connectivity index (χ4n) is 2.45. The van der Waals surface area contributed by atoms with E-state index < -0.39 is 10.8 Å². The van der Waals surface area contributed by atoms with E-state index in [1.165, 1.54) is 24.3 Å². The molecule has 2 aromatic carbocycles. The molecule has 0 fully saturated rings. The molecule has 1 amide bonds. The number of H-pyrrole nitrogens is 1. The summed E-state index contributed by atoms with van der Waals surface area (Å²) >= 11 is 0. The van der Waals surface area contributed by atoms with E-state index >= 15 is 0 Å². The monoisotopic (exact) mass is 322 g/mol. The molecular weight excluding hydrogens is 308 g/mol. The summed E-state index contributed by atoms with van der Waals surface area (Å²) < 4.78 is 0. The zero-order chi connectivity index (χ0) is 17.1. The fourth-order valence-corrected chi connectivity index (χ4v) is 2.45. The third kappa shape index (κ3) is 3.00. The number of nitrogens with zero attached hydrogens (tertiary/aromatic N) is 2. The summed E-state index contributed by atoms with van der Waals surface area (Å²) in [6.45, 7) is 1.92. The van der Waals surface area contributed by atoms with Crippen LogP contribution in [0.1, 0.15) is 21.6 Å². The van der Waals surface area contributed by atoms with Crippen LogP contribution < -0.4 is 5.43 Å². The second-order valence-corrected chi connectivity index (χ2v) is 5.22. The molecule has 0 aliphatic heterocycles. The second-order valence-electron chi connectivity index (χ2n) is 5.22. The molecule has 7 nitrogen and oxygen atoms in total. The summed E-state index contributed by atoms with van der Waals surface area (Å²) in [5, 5.41) is 15.7. The fraction of sp³-hybridized carbons (Fsp3) is 0.0588. The minimum Gasteiger partial charge on any atom is -0.358 e. The molecule has 0 spiro atoms. The predicted octanol–water partition coefficient (Wildman–Crippen LogP) is 3.15. The van der Waals surface area contributed by atoms with Crippen LogP contribution >= 0.6 is 0 Å². The van der Waals surface area contributed by atoms with E-state index in [1.54, 1.807) is 6.21 Å². The van der Waals surface area contributed by atoms with Gasteiger partial charge in [0.1, 0.15) is 0 Å². The Kier molecular flexibility index (Phi) is 4.07. The molecule has 0 saturated heterocycles. The van der Waals surface area contributed by atoms with Gasteiger partial charge < -0.3 is 4.98 Å². The Bertz CT molecular complexity index is 959. The van der Waals surface area contributed by atoms with E-state index in [4.69, 9.17) is 0 Å². The van der Waals surface area contributed by atoms with Crippen molar-refractivity contribution >= 4 is 28.7 Å². The number of aromatic amines is 1. The largest absolute Gasteiger partial charge is 0.358 e. The van der Waals surface area contributed by atoms with Gasteiger partial charge in [0.15, 0.2) is 0 Å². The Hall–Kier alpha value is -3.48. The minimum atomic E-state index is -0.546. The molecule has 24 heavy (non-hydrogen) atoms. The minimum absolute atomic E-state index is 0.140. The SMILES string of the molecule is Cc1[nH]c2ccccc2c1/C=N\NC(=O)c1cccc([N+](=O)[O-])c1. The lowest BCUT2D eigenvalue weighted by Crippen LogP contribution is -2.17. The van der Waals surface area contributed by atoms with Crippen molar-refractivity contribution in [1.82, 2.24) is 10.4 Å². The molecule has 120 valence electrons. The summed E-state index contributed by atoms with van der Waals surface area (Å²) in [6.07, 6.45) is 1.56. The van der Waals surface area contributed by atoms with Gasteiger partial charge in [-0.3, -0.25) is 14.9 Å². The van der Waals surface area contributed by atoms with Gasteiger partial charge in [0, 0.05) is 39.9 Å². The number of carbonyl (C=O) groups excluding carboxylic acids is 1. The van der Waals surface area contributed by atoms with Crippen LogP contribution in [0.5, 0.6) is 0 Å². The summed E-state index contributed by atoms with van der Waals surface area (Å²) in [7, 11) is 0. The van der Waals surface area contributed by atoms with Gasteiger partial charge in [-0.05, 0) is 19.1 Å². The smallest absolute Gasteiger partial charge is 0.271 e. The highest BCUT2D eigenvalue weighted by Crippen LogP contribution is 2.19. The molecule has 2 N–H and O–H groups in total. The third-order valence-corrected chi connectivity index (χ3v) is 3.62. The number of benzene rings is 2. The summed E-state index contributed by atoms with van der Waals surface area (Å²) in [5.41, 5.74) is 5.23. The molecule has 0 aliphatic carbocycles. The number of hydrazone groups is 1. The molecule has 3 aromatic rings. The number of para-hydroxylation sites is 1. The highest BCUT2D eigenvalue weighted by molar-refractivity contribution is 6.01. The first kappa shape index (κ1) is 15.4. The Morgan fingerprint density at radius 3 is 2.83 bits per heavy atom. The van der Waals surface area contributed by atoms with Crippen LogP contribution in [0.15, 0.2) is 53.6 Å². The Morgan fingerprint density at radius 1 is 1.25 bits per heavy atom. The number of hydrogen-bond acceptors (Lipinski definition) is 4. The second kappa shape index (κ2) is 6.33. The number of aromatic nitrogens is 1. The van der Waals surface area contributed by atoms with Crippen molar-refractivity contribution in [1.29, 1.82) is 0 Å². The zero-order valence-corrected chi connectivity index (χ0v) is 12.8. The van der Waals surface area contributed by atoms with E-state index in [0.29, 0.717) is 0 Å².